The van der Waals surface area contributed by atoms with Crippen LogP contribution in [0.25, 0.3) is 0 Å². The number of rotatable bonds is 6. The molecule has 1 aliphatic rings. The number of amides is 1. The van der Waals surface area contributed by atoms with Crippen LogP contribution < -0.4 is 10.1 Å². The number of nitrogens with zero attached hydrogens (tertiary/aromatic N) is 1. The molecule has 144 valence electrons. The number of sulfonamides is 1. The van der Waals surface area contributed by atoms with Crippen LogP contribution in [0.2, 0.25) is 0 Å². The molecular formula is C18H18BrFN2O4S. The van der Waals surface area contributed by atoms with Crippen LogP contribution in [0.3, 0.4) is 0 Å². The lowest BCUT2D eigenvalue weighted by atomic mass is 10.3. The molecule has 3 rings (SSSR count). The van der Waals surface area contributed by atoms with Gasteiger partial charge in [-0.15, -0.1) is 0 Å². The van der Waals surface area contributed by atoms with Gasteiger partial charge < -0.3 is 10.1 Å². The molecule has 1 saturated heterocycles. The van der Waals surface area contributed by atoms with Crippen molar-refractivity contribution in [3.63, 3.8) is 0 Å². The quantitative estimate of drug-likeness (QED) is 0.722. The third-order valence-electron chi connectivity index (χ3n) is 4.09. The minimum Gasteiger partial charge on any atom is -0.483 e. The summed E-state index contributed by atoms with van der Waals surface area (Å²) in [5.74, 6) is -0.484. The van der Waals surface area contributed by atoms with Gasteiger partial charge in [0.15, 0.2) is 6.61 Å². The van der Waals surface area contributed by atoms with Crippen molar-refractivity contribution in [3.8, 4) is 5.75 Å². The van der Waals surface area contributed by atoms with Crippen LogP contribution in [0.5, 0.6) is 5.75 Å². The maximum atomic E-state index is 13.0. The number of halogens is 2. The number of anilines is 1. The van der Waals surface area contributed by atoms with E-state index in [-0.39, 0.29) is 11.5 Å². The summed E-state index contributed by atoms with van der Waals surface area (Å²) in [6, 6.07) is 9.92. The average molecular weight is 457 g/mol. The van der Waals surface area contributed by atoms with E-state index in [1.165, 1.54) is 46.8 Å². The topological polar surface area (TPSA) is 75.7 Å². The Morgan fingerprint density at radius 2 is 1.81 bits per heavy atom. The Balaban J connectivity index is 1.58. The highest BCUT2D eigenvalue weighted by molar-refractivity contribution is 9.10. The first-order valence-electron chi connectivity index (χ1n) is 8.34. The van der Waals surface area contributed by atoms with Crippen LogP contribution in [-0.4, -0.2) is 38.3 Å². The Labute approximate surface area is 165 Å². The largest absolute Gasteiger partial charge is 0.483 e. The summed E-state index contributed by atoms with van der Waals surface area (Å²) in [6.07, 6.45) is 1.75. The molecule has 1 amide bonds. The summed E-state index contributed by atoms with van der Waals surface area (Å²) in [5.41, 5.74) is 0.460. The molecule has 0 unspecified atom stereocenters. The molecule has 0 bridgehead atoms. The maximum Gasteiger partial charge on any atom is 0.262 e. The Morgan fingerprint density at radius 1 is 1.15 bits per heavy atom. The Hall–Kier alpha value is -1.97. The van der Waals surface area contributed by atoms with Crippen LogP contribution in [0.4, 0.5) is 10.1 Å². The van der Waals surface area contributed by atoms with Crippen molar-refractivity contribution in [2.24, 2.45) is 0 Å². The lowest BCUT2D eigenvalue weighted by Crippen LogP contribution is -2.27. The van der Waals surface area contributed by atoms with Gasteiger partial charge in [-0.1, -0.05) is 0 Å². The van der Waals surface area contributed by atoms with Crippen LogP contribution >= 0.6 is 15.9 Å². The summed E-state index contributed by atoms with van der Waals surface area (Å²) in [6.45, 7) is 0.812. The second-order valence-electron chi connectivity index (χ2n) is 6.05. The Bertz CT molecular complexity index is 929. The van der Waals surface area contributed by atoms with Crippen LogP contribution in [0.1, 0.15) is 12.8 Å². The zero-order valence-corrected chi connectivity index (χ0v) is 16.7. The molecule has 1 heterocycles. The van der Waals surface area contributed by atoms with Crippen molar-refractivity contribution in [2.75, 3.05) is 25.0 Å². The fourth-order valence-electron chi connectivity index (χ4n) is 2.72. The van der Waals surface area contributed by atoms with Gasteiger partial charge in [-0.2, -0.15) is 4.31 Å². The van der Waals surface area contributed by atoms with E-state index in [2.05, 4.69) is 21.2 Å². The van der Waals surface area contributed by atoms with Gasteiger partial charge >= 0.3 is 0 Å². The molecule has 0 atom stereocenters. The second-order valence-corrected chi connectivity index (χ2v) is 8.84. The molecular weight excluding hydrogens is 439 g/mol. The highest BCUT2D eigenvalue weighted by atomic mass is 79.9. The van der Waals surface area contributed by atoms with E-state index < -0.39 is 21.7 Å². The average Bonchev–Trinajstić information content (AvgIpc) is 3.17. The minimum absolute atomic E-state index is 0.203. The van der Waals surface area contributed by atoms with Gasteiger partial charge in [0.05, 0.1) is 9.37 Å². The number of carbonyl (C=O) groups excluding carboxylic acids is 1. The molecule has 2 aromatic rings. The minimum atomic E-state index is -3.48. The number of hydrogen-bond acceptors (Lipinski definition) is 4. The molecule has 27 heavy (non-hydrogen) atoms. The lowest BCUT2D eigenvalue weighted by Gasteiger charge is -2.15. The fraction of sp³-hybridized carbons (Fsp3) is 0.278. The van der Waals surface area contributed by atoms with E-state index >= 15 is 0 Å². The van der Waals surface area contributed by atoms with Crippen molar-refractivity contribution in [1.82, 2.24) is 4.31 Å². The zero-order chi connectivity index (χ0) is 19.4. The first-order chi connectivity index (χ1) is 12.9. The fourth-order valence-corrected chi connectivity index (χ4v) is 4.70. The summed E-state index contributed by atoms with van der Waals surface area (Å²) >= 11 is 3.16. The molecule has 1 fully saturated rings. The monoisotopic (exact) mass is 456 g/mol. The first kappa shape index (κ1) is 19.8. The van der Waals surface area contributed by atoms with E-state index in [1.807, 2.05) is 0 Å². The van der Waals surface area contributed by atoms with Crippen molar-refractivity contribution in [2.45, 2.75) is 17.7 Å². The summed E-state index contributed by atoms with van der Waals surface area (Å²) in [4.78, 5) is 12.2. The van der Waals surface area contributed by atoms with Gasteiger partial charge in [-0.3, -0.25) is 4.79 Å². The van der Waals surface area contributed by atoms with Crippen molar-refractivity contribution in [1.29, 1.82) is 0 Å². The van der Waals surface area contributed by atoms with Gasteiger partial charge in [-0.25, -0.2) is 12.8 Å². The molecule has 1 aliphatic heterocycles. The van der Waals surface area contributed by atoms with Crippen LogP contribution in [-0.2, 0) is 14.8 Å². The standard InChI is InChI=1S/C18H18BrFN2O4S/c19-16-11-13(20)3-8-17(16)26-12-18(23)21-14-4-6-15(7-5-14)27(24,25)22-9-1-2-10-22/h3-8,11H,1-2,9-10,12H2,(H,21,23). The number of hydrogen-bond donors (Lipinski definition) is 1. The smallest absolute Gasteiger partial charge is 0.262 e. The van der Waals surface area contributed by atoms with Gasteiger partial charge in [0, 0.05) is 18.8 Å². The lowest BCUT2D eigenvalue weighted by molar-refractivity contribution is -0.118. The highest BCUT2D eigenvalue weighted by Gasteiger charge is 2.26. The van der Waals surface area contributed by atoms with Gasteiger partial charge in [-0.05, 0) is 71.2 Å². The Kier molecular flexibility index (Phi) is 6.13. The highest BCUT2D eigenvalue weighted by Crippen LogP contribution is 2.25. The zero-order valence-electron chi connectivity index (χ0n) is 14.3. The molecule has 0 aromatic heterocycles. The maximum absolute atomic E-state index is 13.0. The predicted molar refractivity (Wildman–Crippen MR) is 103 cm³/mol. The third kappa shape index (κ3) is 4.85. The number of ether oxygens (including phenoxy) is 1. The summed E-state index contributed by atoms with van der Waals surface area (Å²) < 4.78 is 45.2. The molecule has 1 N–H and O–H groups in total. The predicted octanol–water partition coefficient (Wildman–Crippen LogP) is 3.39. The third-order valence-corrected chi connectivity index (χ3v) is 6.63. The van der Waals surface area contributed by atoms with E-state index in [9.17, 15) is 17.6 Å². The molecule has 2 aromatic carbocycles. The van der Waals surface area contributed by atoms with Crippen molar-refractivity contribution >= 4 is 37.5 Å². The van der Waals surface area contributed by atoms with Gasteiger partial charge in [0.2, 0.25) is 10.0 Å². The number of nitrogens with one attached hydrogen (secondary N) is 1. The molecule has 0 spiro atoms. The van der Waals surface area contributed by atoms with E-state index in [4.69, 9.17) is 4.74 Å². The molecule has 6 nitrogen and oxygen atoms in total. The number of benzene rings is 2. The van der Waals surface area contributed by atoms with Crippen molar-refractivity contribution < 1.29 is 22.3 Å². The molecule has 0 saturated carbocycles. The van der Waals surface area contributed by atoms with Gasteiger partial charge in [0.1, 0.15) is 11.6 Å². The van der Waals surface area contributed by atoms with Crippen molar-refractivity contribution in [3.05, 3.63) is 52.8 Å². The van der Waals surface area contributed by atoms with Crippen LogP contribution in [0, 0.1) is 5.82 Å². The molecule has 0 aliphatic carbocycles. The SMILES string of the molecule is O=C(COc1ccc(F)cc1Br)Nc1ccc(S(=O)(=O)N2CCCC2)cc1. The summed E-state index contributed by atoms with van der Waals surface area (Å²) in [5, 5.41) is 2.63. The normalized spacial score (nSPS) is 14.9. The van der Waals surface area contributed by atoms with E-state index in [0.717, 1.165) is 12.8 Å². The number of carbonyl (C=O) groups is 1. The van der Waals surface area contributed by atoms with Gasteiger partial charge in [0.25, 0.3) is 5.91 Å². The van der Waals surface area contributed by atoms with E-state index in [0.29, 0.717) is 29.0 Å². The molecule has 9 heteroatoms. The first-order valence-corrected chi connectivity index (χ1v) is 10.6. The van der Waals surface area contributed by atoms with Crippen LogP contribution in [0.15, 0.2) is 51.8 Å². The van der Waals surface area contributed by atoms with E-state index in [1.54, 1.807) is 0 Å². The molecule has 0 radical (unpaired) electrons. The summed E-state index contributed by atoms with van der Waals surface area (Å²) in [7, 11) is -3.48. The Morgan fingerprint density at radius 3 is 2.44 bits per heavy atom. The second kappa shape index (κ2) is 8.37.